The first kappa shape index (κ1) is 19.5. The molecule has 0 saturated heterocycles. The minimum Gasteiger partial charge on any atom is -0.489 e. The van der Waals surface area contributed by atoms with Crippen LogP contribution >= 0.6 is 0 Å². The van der Waals surface area contributed by atoms with Crippen molar-refractivity contribution in [1.29, 1.82) is 0 Å². The molecular formula is C19H25FN4O2. The highest BCUT2D eigenvalue weighted by Crippen LogP contribution is 2.12. The number of benzene rings is 1. The van der Waals surface area contributed by atoms with Gasteiger partial charge in [0.2, 0.25) is 5.88 Å². The van der Waals surface area contributed by atoms with Gasteiger partial charge in [0.25, 0.3) is 0 Å². The summed E-state index contributed by atoms with van der Waals surface area (Å²) in [7, 11) is 1.59. The van der Waals surface area contributed by atoms with Crippen molar-refractivity contribution in [3.05, 3.63) is 54.0 Å². The summed E-state index contributed by atoms with van der Waals surface area (Å²) in [5, 5.41) is 6.41. The fourth-order valence-electron chi connectivity index (χ4n) is 2.19. The van der Waals surface area contributed by atoms with Crippen LogP contribution in [-0.4, -0.2) is 37.2 Å². The van der Waals surface area contributed by atoms with Crippen LogP contribution in [-0.2, 0) is 6.54 Å². The molecule has 1 aromatic heterocycles. The summed E-state index contributed by atoms with van der Waals surface area (Å²) in [6.07, 6.45) is -0.112. The smallest absolute Gasteiger partial charge is 0.213 e. The molecule has 0 radical (unpaired) electrons. The fourth-order valence-corrected chi connectivity index (χ4v) is 2.19. The largest absolute Gasteiger partial charge is 0.489 e. The van der Waals surface area contributed by atoms with Gasteiger partial charge in [0.05, 0.1) is 25.9 Å². The van der Waals surface area contributed by atoms with E-state index in [9.17, 15) is 4.39 Å². The number of hydrogen-bond donors (Lipinski definition) is 2. The van der Waals surface area contributed by atoms with Crippen LogP contribution in [0.15, 0.2) is 47.5 Å². The van der Waals surface area contributed by atoms with E-state index in [-0.39, 0.29) is 11.9 Å². The van der Waals surface area contributed by atoms with Crippen LogP contribution in [0.25, 0.3) is 0 Å². The van der Waals surface area contributed by atoms with E-state index in [2.05, 4.69) is 20.6 Å². The van der Waals surface area contributed by atoms with Crippen molar-refractivity contribution in [2.24, 2.45) is 4.99 Å². The van der Waals surface area contributed by atoms with Crippen LogP contribution in [0.5, 0.6) is 11.6 Å². The van der Waals surface area contributed by atoms with Crippen molar-refractivity contribution in [2.75, 3.05) is 20.2 Å². The van der Waals surface area contributed by atoms with Crippen molar-refractivity contribution in [3.8, 4) is 11.6 Å². The van der Waals surface area contributed by atoms with E-state index in [1.807, 2.05) is 26.0 Å². The molecule has 0 spiro atoms. The number of rotatable bonds is 8. The molecule has 0 aliphatic carbocycles. The van der Waals surface area contributed by atoms with Gasteiger partial charge in [0.15, 0.2) is 5.96 Å². The molecule has 140 valence electrons. The van der Waals surface area contributed by atoms with Crippen LogP contribution in [0.3, 0.4) is 0 Å². The number of aliphatic imine (C=N–C) groups is 1. The molecule has 1 atom stereocenters. The van der Waals surface area contributed by atoms with Gasteiger partial charge in [0, 0.05) is 12.6 Å². The molecule has 0 amide bonds. The Labute approximate surface area is 153 Å². The van der Waals surface area contributed by atoms with Gasteiger partial charge in [-0.1, -0.05) is 6.07 Å². The van der Waals surface area contributed by atoms with Gasteiger partial charge in [0.1, 0.15) is 17.7 Å². The van der Waals surface area contributed by atoms with E-state index in [0.717, 1.165) is 12.2 Å². The third kappa shape index (κ3) is 6.58. The van der Waals surface area contributed by atoms with Crippen molar-refractivity contribution in [2.45, 2.75) is 26.5 Å². The maximum atomic E-state index is 12.9. The van der Waals surface area contributed by atoms with E-state index >= 15 is 0 Å². The lowest BCUT2D eigenvalue weighted by atomic mass is 10.3. The van der Waals surface area contributed by atoms with E-state index < -0.39 is 0 Å². The number of hydrogen-bond acceptors (Lipinski definition) is 4. The Kier molecular flexibility index (Phi) is 7.67. The van der Waals surface area contributed by atoms with Gasteiger partial charge in [-0.05, 0) is 44.2 Å². The van der Waals surface area contributed by atoms with Crippen LogP contribution in [0, 0.1) is 5.82 Å². The molecule has 1 heterocycles. The number of nitrogens with zero attached hydrogens (tertiary/aromatic N) is 2. The SMILES string of the molecule is CCNC(=NCc1cccc(OC)n1)NCC(C)Oc1ccc(F)cc1. The molecule has 1 aromatic carbocycles. The van der Waals surface area contributed by atoms with E-state index in [1.165, 1.54) is 12.1 Å². The summed E-state index contributed by atoms with van der Waals surface area (Å²) in [5.74, 6) is 1.59. The molecule has 2 aromatic rings. The molecule has 2 N–H and O–H groups in total. The molecule has 0 saturated carbocycles. The highest BCUT2D eigenvalue weighted by atomic mass is 19.1. The first-order chi connectivity index (χ1) is 12.6. The van der Waals surface area contributed by atoms with Crippen LogP contribution in [0.2, 0.25) is 0 Å². The summed E-state index contributed by atoms with van der Waals surface area (Å²) in [4.78, 5) is 8.86. The first-order valence-electron chi connectivity index (χ1n) is 8.55. The lowest BCUT2D eigenvalue weighted by Crippen LogP contribution is -2.41. The zero-order valence-electron chi connectivity index (χ0n) is 15.3. The lowest BCUT2D eigenvalue weighted by Gasteiger charge is -2.17. The van der Waals surface area contributed by atoms with Crippen LogP contribution in [0.4, 0.5) is 4.39 Å². The zero-order chi connectivity index (χ0) is 18.8. The molecule has 0 bridgehead atoms. The Balaban J connectivity index is 1.88. The standard InChI is InChI=1S/C19H25FN4O2/c1-4-21-19(23-13-16-6-5-7-18(24-16)25-3)22-12-14(2)26-17-10-8-15(20)9-11-17/h5-11,14H,4,12-13H2,1-3H3,(H2,21,22,23). The van der Waals surface area contributed by atoms with Crippen molar-refractivity contribution in [1.82, 2.24) is 15.6 Å². The van der Waals surface area contributed by atoms with E-state index in [0.29, 0.717) is 30.7 Å². The molecular weight excluding hydrogens is 335 g/mol. The summed E-state index contributed by atoms with van der Waals surface area (Å²) < 4.78 is 23.8. The number of methoxy groups -OCH3 is 1. The Bertz CT molecular complexity index is 707. The highest BCUT2D eigenvalue weighted by molar-refractivity contribution is 5.79. The second kappa shape index (κ2) is 10.2. The third-order valence-corrected chi connectivity index (χ3v) is 3.44. The van der Waals surface area contributed by atoms with Gasteiger partial charge < -0.3 is 20.1 Å². The fraction of sp³-hybridized carbons (Fsp3) is 0.368. The Morgan fingerprint density at radius 3 is 2.65 bits per heavy atom. The predicted molar refractivity (Wildman–Crippen MR) is 100 cm³/mol. The molecule has 6 nitrogen and oxygen atoms in total. The lowest BCUT2D eigenvalue weighted by molar-refractivity contribution is 0.223. The highest BCUT2D eigenvalue weighted by Gasteiger charge is 2.06. The van der Waals surface area contributed by atoms with Crippen LogP contribution < -0.4 is 20.1 Å². The van der Waals surface area contributed by atoms with Gasteiger partial charge in [-0.15, -0.1) is 0 Å². The van der Waals surface area contributed by atoms with Crippen LogP contribution in [0.1, 0.15) is 19.5 Å². The molecule has 0 aliphatic heterocycles. The maximum absolute atomic E-state index is 12.9. The summed E-state index contributed by atoms with van der Waals surface area (Å²) in [6, 6.07) is 11.6. The average molecular weight is 360 g/mol. The monoisotopic (exact) mass is 360 g/mol. The molecule has 7 heteroatoms. The number of guanidine groups is 1. The predicted octanol–water partition coefficient (Wildman–Crippen LogP) is 2.75. The number of aromatic nitrogens is 1. The summed E-state index contributed by atoms with van der Waals surface area (Å²) in [5.41, 5.74) is 0.817. The Hall–Kier alpha value is -2.83. The maximum Gasteiger partial charge on any atom is 0.213 e. The van der Waals surface area contributed by atoms with Gasteiger partial charge in [-0.2, -0.15) is 0 Å². The van der Waals surface area contributed by atoms with Gasteiger partial charge in [-0.3, -0.25) is 0 Å². The van der Waals surface area contributed by atoms with E-state index in [4.69, 9.17) is 9.47 Å². The van der Waals surface area contributed by atoms with Crippen molar-refractivity contribution >= 4 is 5.96 Å². The average Bonchev–Trinajstić information content (AvgIpc) is 2.66. The second-order valence-corrected chi connectivity index (χ2v) is 5.63. The zero-order valence-corrected chi connectivity index (χ0v) is 15.3. The first-order valence-corrected chi connectivity index (χ1v) is 8.55. The van der Waals surface area contributed by atoms with Crippen molar-refractivity contribution in [3.63, 3.8) is 0 Å². The Morgan fingerprint density at radius 2 is 1.96 bits per heavy atom. The summed E-state index contributed by atoms with van der Waals surface area (Å²) in [6.45, 7) is 5.65. The summed E-state index contributed by atoms with van der Waals surface area (Å²) >= 11 is 0. The number of pyridine rings is 1. The molecule has 1 unspecified atom stereocenters. The normalized spacial score (nSPS) is 12.4. The minimum absolute atomic E-state index is 0.112. The molecule has 2 rings (SSSR count). The van der Waals surface area contributed by atoms with E-state index in [1.54, 1.807) is 25.3 Å². The molecule has 26 heavy (non-hydrogen) atoms. The minimum atomic E-state index is -0.282. The van der Waals surface area contributed by atoms with Crippen molar-refractivity contribution < 1.29 is 13.9 Å². The van der Waals surface area contributed by atoms with Gasteiger partial charge >= 0.3 is 0 Å². The Morgan fingerprint density at radius 1 is 1.19 bits per heavy atom. The number of halogens is 1. The number of nitrogens with one attached hydrogen (secondary N) is 2. The molecule has 0 aliphatic rings. The van der Waals surface area contributed by atoms with Gasteiger partial charge in [-0.25, -0.2) is 14.4 Å². The quantitative estimate of drug-likeness (QED) is 0.560. The number of ether oxygens (including phenoxy) is 2. The molecule has 0 fully saturated rings. The topological polar surface area (TPSA) is 67.8 Å². The third-order valence-electron chi connectivity index (χ3n) is 3.44. The second-order valence-electron chi connectivity index (χ2n) is 5.63.